The molecule has 0 fully saturated rings. The topological polar surface area (TPSA) is 60.5 Å². The van der Waals surface area contributed by atoms with Gasteiger partial charge in [-0.3, -0.25) is 4.79 Å². The Bertz CT molecular complexity index is 665. The molecule has 1 N–H and O–H groups in total. The second-order valence-electron chi connectivity index (χ2n) is 4.88. The molecular weight excluding hydrogens is 312 g/mol. The first-order valence-electron chi connectivity index (χ1n) is 7.38. The third kappa shape index (κ3) is 5.75. The lowest BCUT2D eigenvalue weighted by Crippen LogP contribution is -2.28. The minimum absolute atomic E-state index is 0.0231. The fraction of sp³-hybridized carbons (Fsp3) is 0.294. The van der Waals surface area contributed by atoms with Crippen molar-refractivity contribution in [3.8, 4) is 16.7 Å². The molecule has 0 bridgehead atoms. The van der Waals surface area contributed by atoms with Gasteiger partial charge < -0.3 is 14.8 Å². The molecule has 1 amide bonds. The lowest BCUT2D eigenvalue weighted by Gasteiger charge is -2.05. The number of carbonyl (C=O) groups is 1. The Morgan fingerprint density at radius 1 is 1.35 bits per heavy atom. The van der Waals surface area contributed by atoms with Gasteiger partial charge in [0.25, 0.3) is 5.19 Å². The van der Waals surface area contributed by atoms with Crippen molar-refractivity contribution in [1.29, 1.82) is 0 Å². The molecule has 5 nitrogen and oxygen atoms in total. The fourth-order valence-electron chi connectivity index (χ4n) is 1.87. The first-order chi connectivity index (χ1) is 11.1. The van der Waals surface area contributed by atoms with Crippen molar-refractivity contribution in [1.82, 2.24) is 10.3 Å². The number of nitrogens with zero attached hydrogens (tertiary/aromatic N) is 1. The van der Waals surface area contributed by atoms with Crippen LogP contribution >= 0.6 is 11.3 Å². The van der Waals surface area contributed by atoms with Crippen LogP contribution in [0.15, 0.2) is 36.5 Å². The molecule has 0 aliphatic carbocycles. The Morgan fingerprint density at radius 2 is 2.04 bits per heavy atom. The summed E-state index contributed by atoms with van der Waals surface area (Å²) in [5.74, 6) is 1.48. The van der Waals surface area contributed by atoms with Crippen LogP contribution in [0.5, 0.6) is 16.7 Å². The highest BCUT2D eigenvalue weighted by molar-refractivity contribution is 7.14. The van der Waals surface area contributed by atoms with Gasteiger partial charge >= 0.3 is 0 Å². The van der Waals surface area contributed by atoms with E-state index in [1.54, 1.807) is 6.20 Å². The minimum Gasteiger partial charge on any atom is -0.494 e. The number of hydrogen-bond donors (Lipinski definition) is 1. The first-order valence-corrected chi connectivity index (χ1v) is 8.20. The van der Waals surface area contributed by atoms with Crippen LogP contribution in [-0.4, -0.2) is 23.5 Å². The SMILES string of the molecule is CCOc1ccc(Oc2ncc(/C=C/[C@H](C)NC(C)=O)s2)cc1. The van der Waals surface area contributed by atoms with Crippen molar-refractivity contribution in [3.05, 3.63) is 41.4 Å². The largest absolute Gasteiger partial charge is 0.494 e. The summed E-state index contributed by atoms with van der Waals surface area (Å²) in [5, 5.41) is 3.36. The maximum absolute atomic E-state index is 11.0. The average Bonchev–Trinajstić information content (AvgIpc) is 2.94. The van der Waals surface area contributed by atoms with E-state index in [-0.39, 0.29) is 11.9 Å². The monoisotopic (exact) mass is 332 g/mol. The van der Waals surface area contributed by atoms with Gasteiger partial charge in [-0.1, -0.05) is 17.4 Å². The molecule has 0 radical (unpaired) electrons. The molecular formula is C17H20N2O3S. The summed E-state index contributed by atoms with van der Waals surface area (Å²) in [7, 11) is 0. The molecule has 0 spiro atoms. The van der Waals surface area contributed by atoms with Crippen molar-refractivity contribution in [3.63, 3.8) is 0 Å². The van der Waals surface area contributed by atoms with E-state index >= 15 is 0 Å². The number of amides is 1. The van der Waals surface area contributed by atoms with E-state index in [4.69, 9.17) is 9.47 Å². The Labute approximate surface area is 140 Å². The van der Waals surface area contributed by atoms with Crippen molar-refractivity contribution < 1.29 is 14.3 Å². The van der Waals surface area contributed by atoms with Crippen molar-refractivity contribution >= 4 is 23.3 Å². The van der Waals surface area contributed by atoms with Crippen LogP contribution in [-0.2, 0) is 4.79 Å². The first kappa shape index (κ1) is 17.0. The second-order valence-corrected chi connectivity index (χ2v) is 5.91. The summed E-state index contributed by atoms with van der Waals surface area (Å²) in [5.41, 5.74) is 0. The molecule has 122 valence electrons. The van der Waals surface area contributed by atoms with Crippen molar-refractivity contribution in [2.75, 3.05) is 6.61 Å². The highest BCUT2D eigenvalue weighted by Crippen LogP contribution is 2.28. The van der Waals surface area contributed by atoms with Gasteiger partial charge in [0.05, 0.1) is 11.5 Å². The summed E-state index contributed by atoms with van der Waals surface area (Å²) in [6.45, 7) is 6.00. The number of benzene rings is 1. The molecule has 23 heavy (non-hydrogen) atoms. The normalized spacial score (nSPS) is 12.1. The van der Waals surface area contributed by atoms with Crippen LogP contribution in [0.1, 0.15) is 25.6 Å². The van der Waals surface area contributed by atoms with Crippen molar-refractivity contribution in [2.24, 2.45) is 0 Å². The molecule has 2 aromatic rings. The summed E-state index contributed by atoms with van der Waals surface area (Å²) >= 11 is 1.44. The zero-order valence-corrected chi connectivity index (χ0v) is 14.2. The van der Waals surface area contributed by atoms with E-state index in [1.165, 1.54) is 18.3 Å². The average molecular weight is 332 g/mol. The van der Waals surface area contributed by atoms with E-state index in [2.05, 4.69) is 10.3 Å². The lowest BCUT2D eigenvalue weighted by atomic mass is 10.3. The number of thiazole rings is 1. The van der Waals surface area contributed by atoms with Crippen LogP contribution in [0.3, 0.4) is 0 Å². The van der Waals surface area contributed by atoms with Gasteiger partial charge in [-0.25, -0.2) is 4.98 Å². The van der Waals surface area contributed by atoms with Crippen LogP contribution in [0, 0.1) is 0 Å². The highest BCUT2D eigenvalue weighted by atomic mass is 32.1. The molecule has 0 aliphatic heterocycles. The summed E-state index contributed by atoms with van der Waals surface area (Å²) in [6.07, 6.45) is 5.57. The zero-order chi connectivity index (χ0) is 16.7. The molecule has 1 aromatic carbocycles. The molecule has 0 unspecified atom stereocenters. The van der Waals surface area contributed by atoms with Gasteiger partial charge in [0.1, 0.15) is 11.5 Å². The van der Waals surface area contributed by atoms with Gasteiger partial charge in [-0.15, -0.1) is 0 Å². The predicted octanol–water partition coefficient (Wildman–Crippen LogP) is 3.87. The second kappa shape index (κ2) is 8.33. The fourth-order valence-corrected chi connectivity index (χ4v) is 2.57. The number of aromatic nitrogens is 1. The number of carbonyl (C=O) groups excluding carboxylic acids is 1. The van der Waals surface area contributed by atoms with Gasteiger partial charge in [0.15, 0.2) is 0 Å². The number of ether oxygens (including phenoxy) is 2. The third-order valence-corrected chi connectivity index (χ3v) is 3.66. The van der Waals surface area contributed by atoms with Crippen LogP contribution in [0.4, 0.5) is 0 Å². The van der Waals surface area contributed by atoms with Gasteiger partial charge in [-0.2, -0.15) is 0 Å². The quantitative estimate of drug-likeness (QED) is 0.836. The molecule has 0 saturated carbocycles. The summed E-state index contributed by atoms with van der Waals surface area (Å²) < 4.78 is 11.1. The Balaban J connectivity index is 1.94. The molecule has 6 heteroatoms. The maximum atomic E-state index is 11.0. The maximum Gasteiger partial charge on any atom is 0.279 e. The molecule has 0 saturated heterocycles. The molecule has 1 aromatic heterocycles. The van der Waals surface area contributed by atoms with E-state index in [1.807, 2.05) is 50.3 Å². The number of hydrogen-bond acceptors (Lipinski definition) is 5. The summed E-state index contributed by atoms with van der Waals surface area (Å²) in [6, 6.07) is 7.40. The lowest BCUT2D eigenvalue weighted by molar-refractivity contribution is -0.119. The standard InChI is InChI=1S/C17H20N2O3S/c1-4-21-14-6-8-15(9-7-14)22-17-18-11-16(23-17)10-5-12(2)19-13(3)20/h5-12H,4H2,1-3H3,(H,19,20)/b10-5+/t12-/m0/s1. The highest BCUT2D eigenvalue weighted by Gasteiger charge is 2.04. The molecule has 1 heterocycles. The van der Waals surface area contributed by atoms with E-state index in [0.717, 1.165) is 10.6 Å². The van der Waals surface area contributed by atoms with E-state index in [9.17, 15) is 4.79 Å². The van der Waals surface area contributed by atoms with Crippen molar-refractivity contribution in [2.45, 2.75) is 26.8 Å². The smallest absolute Gasteiger partial charge is 0.279 e. The Kier molecular flexibility index (Phi) is 6.17. The van der Waals surface area contributed by atoms with E-state index < -0.39 is 0 Å². The van der Waals surface area contributed by atoms with Gasteiger partial charge in [0.2, 0.25) is 5.91 Å². The van der Waals surface area contributed by atoms with Crippen LogP contribution < -0.4 is 14.8 Å². The molecule has 0 aliphatic rings. The van der Waals surface area contributed by atoms with Crippen LogP contribution in [0.25, 0.3) is 6.08 Å². The van der Waals surface area contributed by atoms with Gasteiger partial charge in [0, 0.05) is 19.2 Å². The van der Waals surface area contributed by atoms with Crippen LogP contribution in [0.2, 0.25) is 0 Å². The van der Waals surface area contributed by atoms with Gasteiger partial charge in [-0.05, 0) is 44.2 Å². The Hall–Kier alpha value is -2.34. The summed E-state index contributed by atoms with van der Waals surface area (Å²) in [4.78, 5) is 16.2. The minimum atomic E-state index is -0.0500. The molecule has 1 atom stereocenters. The number of nitrogens with one attached hydrogen (secondary N) is 1. The predicted molar refractivity (Wildman–Crippen MR) is 92.1 cm³/mol. The molecule has 2 rings (SSSR count). The Morgan fingerprint density at radius 3 is 2.70 bits per heavy atom. The number of rotatable bonds is 7. The van der Waals surface area contributed by atoms with E-state index in [0.29, 0.717) is 17.6 Å². The zero-order valence-electron chi connectivity index (χ0n) is 13.4. The third-order valence-electron chi connectivity index (χ3n) is 2.82.